The largest absolute Gasteiger partial charge is 1.00 e. The van der Waals surface area contributed by atoms with Gasteiger partial charge in [-0.3, -0.25) is 0 Å². The second-order valence-electron chi connectivity index (χ2n) is 5.71. The molecule has 0 spiro atoms. The van der Waals surface area contributed by atoms with Gasteiger partial charge in [-0.15, -0.1) is 3.94 Å². The van der Waals surface area contributed by atoms with Crippen LogP contribution in [0.4, 0.5) is 0 Å². The molecule has 0 radical (unpaired) electrons. The van der Waals surface area contributed by atoms with E-state index in [1.54, 1.807) is 0 Å². The van der Waals surface area contributed by atoms with Crippen molar-refractivity contribution in [2.24, 2.45) is 0 Å². The monoisotopic (exact) mass is 292 g/mol. The molecule has 1 atom stereocenters. The van der Waals surface area contributed by atoms with Crippen LogP contribution in [0.1, 0.15) is 26.7 Å². The number of rotatable bonds is 6. The molecule has 0 saturated heterocycles. The van der Waals surface area contributed by atoms with Gasteiger partial charge in [-0.2, -0.15) is 0 Å². The Kier molecular flexibility index (Phi) is 8.65. The van der Waals surface area contributed by atoms with Crippen molar-refractivity contribution in [3.63, 3.8) is 0 Å². The third-order valence-corrected chi connectivity index (χ3v) is 3.24. The number of hydrogen-bond donors (Lipinski definition) is 1. The molecule has 1 N–H and O–H groups in total. The fourth-order valence-electron chi connectivity index (χ4n) is 1.28. The number of quaternary nitrogens is 1. The van der Waals surface area contributed by atoms with Crippen LogP contribution in [0.3, 0.4) is 0 Å². The van der Waals surface area contributed by atoms with Crippen LogP contribution < -0.4 is 12.4 Å². The van der Waals surface area contributed by atoms with Crippen molar-refractivity contribution in [2.45, 2.75) is 38.3 Å². The summed E-state index contributed by atoms with van der Waals surface area (Å²) in [5, 5.41) is 9.84. The molecule has 0 heterocycles. The molecule has 0 aliphatic rings. The Morgan fingerprint density at radius 1 is 1.25 bits per heavy atom. The van der Waals surface area contributed by atoms with Gasteiger partial charge in [0.1, 0.15) is 0 Å². The van der Waals surface area contributed by atoms with Gasteiger partial charge in [0.15, 0.2) is 0 Å². The average Bonchev–Trinajstić information content (AvgIpc) is 1.98. The van der Waals surface area contributed by atoms with E-state index in [0.29, 0.717) is 6.42 Å². The van der Waals surface area contributed by atoms with E-state index in [0.717, 1.165) is 21.4 Å². The molecule has 0 fully saturated rings. The van der Waals surface area contributed by atoms with Gasteiger partial charge in [0.05, 0.1) is 33.8 Å². The maximum Gasteiger partial charge on any atom is 0.0805 e. The molecule has 0 aromatic rings. The van der Waals surface area contributed by atoms with Gasteiger partial charge >= 0.3 is 0 Å². The van der Waals surface area contributed by atoms with Crippen molar-refractivity contribution in [1.82, 2.24) is 3.94 Å². The lowest BCUT2D eigenvalue weighted by Gasteiger charge is -2.31. The van der Waals surface area contributed by atoms with Crippen molar-refractivity contribution in [1.29, 1.82) is 0 Å². The molecule has 0 rings (SSSR count). The molecule has 0 amide bonds. The summed E-state index contributed by atoms with van der Waals surface area (Å²) in [6.45, 7) is 4.74. The second-order valence-corrected chi connectivity index (χ2v) is 6.56. The van der Waals surface area contributed by atoms with Gasteiger partial charge in [-0.25, -0.2) is 0 Å². The summed E-state index contributed by atoms with van der Waals surface area (Å²) in [4.78, 5) is 0. The minimum Gasteiger partial charge on any atom is -1.00 e. The zero-order chi connectivity index (χ0) is 12.3. The average molecular weight is 294 g/mol. The lowest BCUT2D eigenvalue weighted by molar-refractivity contribution is -0.870. The number of nitrogens with zero attached hydrogens (tertiary/aromatic N) is 2. The summed E-state index contributed by atoms with van der Waals surface area (Å²) in [6, 6.07) is 0. The number of aliphatic hydroxyl groups is 1. The number of aliphatic hydroxyl groups excluding tert-OH is 1. The Bertz CT molecular complexity index is 193. The maximum atomic E-state index is 9.84. The van der Waals surface area contributed by atoms with E-state index in [2.05, 4.69) is 21.1 Å². The lowest BCUT2D eigenvalue weighted by Crippen LogP contribution is -3.00. The second kappa shape index (κ2) is 7.24. The van der Waals surface area contributed by atoms with E-state index in [4.69, 9.17) is 23.6 Å². The summed E-state index contributed by atoms with van der Waals surface area (Å²) in [7, 11) is 6.31. The molecule has 0 aromatic carbocycles. The van der Waals surface area contributed by atoms with E-state index in [9.17, 15) is 5.11 Å². The van der Waals surface area contributed by atoms with Gasteiger partial charge in [0, 0.05) is 12.0 Å². The molecular weight excluding hydrogens is 270 g/mol. The molecule has 0 aliphatic carbocycles. The summed E-state index contributed by atoms with van der Waals surface area (Å²) in [6.07, 6.45) is 0.964. The first-order valence-corrected chi connectivity index (χ1v) is 5.82. The molecule has 0 saturated carbocycles. The third-order valence-electron chi connectivity index (χ3n) is 2.33. The highest BCUT2D eigenvalue weighted by atomic mass is 35.5. The van der Waals surface area contributed by atoms with Gasteiger partial charge in [0.2, 0.25) is 0 Å². The van der Waals surface area contributed by atoms with Crippen LogP contribution in [0.2, 0.25) is 0 Å². The summed E-state index contributed by atoms with van der Waals surface area (Å²) in [5.74, 6) is 0. The summed E-state index contributed by atoms with van der Waals surface area (Å²) in [5.41, 5.74) is -0.395. The van der Waals surface area contributed by atoms with E-state index >= 15 is 0 Å². The van der Waals surface area contributed by atoms with Crippen LogP contribution in [0.25, 0.3) is 0 Å². The van der Waals surface area contributed by atoms with Crippen LogP contribution in [0.5, 0.6) is 0 Å². The van der Waals surface area contributed by atoms with Crippen molar-refractivity contribution < 1.29 is 22.0 Å². The van der Waals surface area contributed by atoms with Gasteiger partial charge in [-0.05, 0) is 43.8 Å². The van der Waals surface area contributed by atoms with Crippen LogP contribution in [-0.4, -0.2) is 52.9 Å². The molecule has 3 nitrogen and oxygen atoms in total. The molecule has 16 heavy (non-hydrogen) atoms. The first-order chi connectivity index (χ1) is 6.54. The quantitative estimate of drug-likeness (QED) is 0.513. The minimum absolute atomic E-state index is 0. The SMILES string of the molecule is CC(C)(CC(O)CC[N+](C)(C)C)N(Cl)Cl.[Cl-]. The summed E-state index contributed by atoms with van der Waals surface area (Å²) < 4.78 is 1.96. The predicted molar refractivity (Wildman–Crippen MR) is 65.8 cm³/mol. The highest BCUT2D eigenvalue weighted by Crippen LogP contribution is 2.25. The Balaban J connectivity index is 0. The highest BCUT2D eigenvalue weighted by Gasteiger charge is 2.28. The van der Waals surface area contributed by atoms with Crippen molar-refractivity contribution in [3.05, 3.63) is 0 Å². The topological polar surface area (TPSA) is 23.5 Å². The van der Waals surface area contributed by atoms with Crippen molar-refractivity contribution >= 4 is 23.6 Å². The Hall–Kier alpha value is 0.750. The van der Waals surface area contributed by atoms with E-state index in [1.807, 2.05) is 13.8 Å². The fraction of sp³-hybridized carbons (Fsp3) is 1.00. The number of hydrogen-bond acceptors (Lipinski definition) is 2. The molecule has 0 aromatic heterocycles. The Morgan fingerprint density at radius 2 is 1.69 bits per heavy atom. The zero-order valence-corrected chi connectivity index (χ0v) is 12.9. The molecule has 0 aliphatic heterocycles. The van der Waals surface area contributed by atoms with E-state index in [-0.39, 0.29) is 18.5 Å². The summed E-state index contributed by atoms with van der Waals surface area (Å²) >= 11 is 11.4. The van der Waals surface area contributed by atoms with E-state index < -0.39 is 5.54 Å². The van der Waals surface area contributed by atoms with Gasteiger partial charge < -0.3 is 22.0 Å². The molecule has 100 valence electrons. The first-order valence-electron chi connectivity index (χ1n) is 5.15. The Morgan fingerprint density at radius 3 is 2.00 bits per heavy atom. The lowest BCUT2D eigenvalue weighted by atomic mass is 9.96. The highest BCUT2D eigenvalue weighted by molar-refractivity contribution is 6.34. The van der Waals surface area contributed by atoms with Crippen molar-refractivity contribution in [2.75, 3.05) is 27.7 Å². The van der Waals surface area contributed by atoms with Gasteiger partial charge in [-0.1, -0.05) is 0 Å². The van der Waals surface area contributed by atoms with Crippen molar-refractivity contribution in [3.8, 4) is 0 Å². The smallest absolute Gasteiger partial charge is 0.0805 e. The molecule has 1 unspecified atom stereocenters. The van der Waals surface area contributed by atoms with Crippen LogP contribution in [0, 0.1) is 0 Å². The minimum atomic E-state index is -0.395. The first kappa shape index (κ1) is 19.1. The third kappa shape index (κ3) is 8.85. The zero-order valence-electron chi connectivity index (χ0n) is 10.7. The molecule has 0 bridgehead atoms. The van der Waals surface area contributed by atoms with Crippen LogP contribution in [0.15, 0.2) is 0 Å². The van der Waals surface area contributed by atoms with Crippen LogP contribution >= 0.6 is 23.6 Å². The Labute approximate surface area is 116 Å². The fourth-order valence-corrected chi connectivity index (χ4v) is 1.42. The standard InChI is InChI=1S/C10H23Cl2N2O.ClH/c1-10(2,13(11)12)8-9(15)6-7-14(3,4)5;/h9,15H,6-8H2,1-5H3;1H/q+1;/p-1. The maximum absolute atomic E-state index is 9.84. The van der Waals surface area contributed by atoms with Gasteiger partial charge in [0.25, 0.3) is 0 Å². The normalized spacial score (nSPS) is 14.8. The van der Waals surface area contributed by atoms with Crippen LogP contribution in [-0.2, 0) is 0 Å². The predicted octanol–water partition coefficient (Wildman–Crippen LogP) is -0.774. The number of halogens is 3. The molecular formula is C10H23Cl3N2O. The molecule has 6 heteroatoms. The van der Waals surface area contributed by atoms with E-state index in [1.165, 1.54) is 0 Å².